The van der Waals surface area contributed by atoms with Crippen molar-refractivity contribution < 1.29 is 4.42 Å². The molecule has 0 saturated heterocycles. The van der Waals surface area contributed by atoms with Crippen molar-refractivity contribution in [1.29, 1.82) is 0 Å². The lowest BCUT2D eigenvalue weighted by Gasteiger charge is -2.17. The number of hydrogen-bond acceptors (Lipinski definition) is 2. The van der Waals surface area contributed by atoms with Crippen LogP contribution >= 0.6 is 0 Å². The van der Waals surface area contributed by atoms with Gasteiger partial charge in [-0.15, -0.1) is 0 Å². The van der Waals surface area contributed by atoms with Gasteiger partial charge in [0.2, 0.25) is 0 Å². The lowest BCUT2D eigenvalue weighted by molar-refractivity contribution is 0.417. The summed E-state index contributed by atoms with van der Waals surface area (Å²) in [5, 5.41) is 0. The van der Waals surface area contributed by atoms with Gasteiger partial charge >= 0.3 is 0 Å². The van der Waals surface area contributed by atoms with Crippen molar-refractivity contribution in [2.45, 2.75) is 52.0 Å². The molecule has 0 aromatic carbocycles. The fourth-order valence-corrected chi connectivity index (χ4v) is 2.45. The Morgan fingerprint density at radius 2 is 2.14 bits per heavy atom. The Morgan fingerprint density at radius 3 is 2.71 bits per heavy atom. The van der Waals surface area contributed by atoms with Gasteiger partial charge in [0.25, 0.3) is 0 Å². The molecule has 0 bridgehead atoms. The number of furan rings is 1. The molecule has 0 radical (unpaired) electrons. The summed E-state index contributed by atoms with van der Waals surface area (Å²) in [6.07, 6.45) is 3.33. The van der Waals surface area contributed by atoms with Crippen LogP contribution in [-0.4, -0.2) is 0 Å². The third-order valence-corrected chi connectivity index (χ3v) is 3.12. The Balaban J connectivity index is 2.49. The predicted octanol–water partition coefficient (Wildman–Crippen LogP) is 3.05. The molecule has 2 heteroatoms. The molecule has 2 nitrogen and oxygen atoms in total. The standard InChI is InChI=1S/C12H19NO/c1-7(2)12-8(3)11-9(13)5-4-6-10(11)14-12/h7,9H,4-6,13H2,1-3H3/t9-/m1/s1. The molecule has 78 valence electrons. The largest absolute Gasteiger partial charge is 0.465 e. The number of rotatable bonds is 1. The van der Waals surface area contributed by atoms with Gasteiger partial charge < -0.3 is 10.2 Å². The summed E-state index contributed by atoms with van der Waals surface area (Å²) in [5.74, 6) is 2.74. The molecule has 14 heavy (non-hydrogen) atoms. The molecule has 1 aliphatic rings. The Hall–Kier alpha value is -0.760. The van der Waals surface area contributed by atoms with Crippen LogP contribution in [0.5, 0.6) is 0 Å². The average Bonchev–Trinajstić information content (AvgIpc) is 2.45. The Labute approximate surface area is 85.5 Å². The van der Waals surface area contributed by atoms with Crippen LogP contribution in [0.1, 0.15) is 61.3 Å². The summed E-state index contributed by atoms with van der Waals surface area (Å²) in [7, 11) is 0. The van der Waals surface area contributed by atoms with Crippen molar-refractivity contribution in [3.63, 3.8) is 0 Å². The van der Waals surface area contributed by atoms with Gasteiger partial charge in [-0.05, 0) is 25.3 Å². The number of aryl methyl sites for hydroxylation is 1. The van der Waals surface area contributed by atoms with Gasteiger partial charge in [0.1, 0.15) is 11.5 Å². The van der Waals surface area contributed by atoms with Gasteiger partial charge in [0.15, 0.2) is 0 Å². The summed E-state index contributed by atoms with van der Waals surface area (Å²) >= 11 is 0. The van der Waals surface area contributed by atoms with E-state index in [1.807, 2.05) is 0 Å². The van der Waals surface area contributed by atoms with Crippen LogP contribution in [0.25, 0.3) is 0 Å². The number of hydrogen-bond donors (Lipinski definition) is 1. The number of fused-ring (bicyclic) bond motifs is 1. The third-order valence-electron chi connectivity index (χ3n) is 3.12. The Bertz CT molecular complexity index is 338. The highest BCUT2D eigenvalue weighted by Crippen LogP contribution is 2.36. The first-order chi connectivity index (χ1) is 6.61. The molecule has 2 rings (SSSR count). The van der Waals surface area contributed by atoms with Gasteiger partial charge in [-0.25, -0.2) is 0 Å². The van der Waals surface area contributed by atoms with Crippen molar-refractivity contribution in [3.05, 3.63) is 22.6 Å². The van der Waals surface area contributed by atoms with E-state index in [0.29, 0.717) is 5.92 Å². The average molecular weight is 193 g/mol. The van der Waals surface area contributed by atoms with E-state index in [1.54, 1.807) is 0 Å². The summed E-state index contributed by atoms with van der Waals surface area (Å²) in [6.45, 7) is 6.48. The Kier molecular flexibility index (Phi) is 2.40. The van der Waals surface area contributed by atoms with Crippen LogP contribution in [0.4, 0.5) is 0 Å². The van der Waals surface area contributed by atoms with E-state index >= 15 is 0 Å². The number of nitrogens with two attached hydrogens (primary N) is 1. The van der Waals surface area contributed by atoms with Gasteiger partial charge in [-0.2, -0.15) is 0 Å². The third kappa shape index (κ3) is 1.38. The first-order valence-corrected chi connectivity index (χ1v) is 5.49. The van der Waals surface area contributed by atoms with Crippen LogP contribution in [0.3, 0.4) is 0 Å². The molecule has 0 saturated carbocycles. The predicted molar refractivity (Wildman–Crippen MR) is 57.4 cm³/mol. The lowest BCUT2D eigenvalue weighted by atomic mass is 9.90. The van der Waals surface area contributed by atoms with E-state index in [0.717, 1.165) is 24.4 Å². The van der Waals surface area contributed by atoms with Crippen molar-refractivity contribution in [2.24, 2.45) is 5.73 Å². The molecular formula is C12H19NO. The smallest absolute Gasteiger partial charge is 0.109 e. The second-order valence-electron chi connectivity index (χ2n) is 4.58. The zero-order valence-electron chi connectivity index (χ0n) is 9.26. The van der Waals surface area contributed by atoms with Gasteiger partial charge in [-0.3, -0.25) is 0 Å². The van der Waals surface area contributed by atoms with Crippen LogP contribution in [0.15, 0.2) is 4.42 Å². The summed E-state index contributed by atoms with van der Waals surface area (Å²) in [4.78, 5) is 0. The maximum Gasteiger partial charge on any atom is 0.109 e. The van der Waals surface area contributed by atoms with Crippen LogP contribution < -0.4 is 5.73 Å². The topological polar surface area (TPSA) is 39.2 Å². The quantitative estimate of drug-likeness (QED) is 0.744. The molecule has 1 aliphatic carbocycles. The highest BCUT2D eigenvalue weighted by Gasteiger charge is 2.26. The van der Waals surface area contributed by atoms with Crippen molar-refractivity contribution in [2.75, 3.05) is 0 Å². The summed E-state index contributed by atoms with van der Waals surface area (Å²) in [5.41, 5.74) is 8.69. The second-order valence-corrected chi connectivity index (χ2v) is 4.58. The minimum absolute atomic E-state index is 0.204. The normalized spacial score (nSPS) is 21.4. The first-order valence-electron chi connectivity index (χ1n) is 5.49. The minimum Gasteiger partial charge on any atom is -0.465 e. The zero-order chi connectivity index (χ0) is 10.3. The van der Waals surface area contributed by atoms with Crippen LogP contribution in [0.2, 0.25) is 0 Å². The maximum absolute atomic E-state index is 6.10. The fourth-order valence-electron chi connectivity index (χ4n) is 2.45. The second kappa shape index (κ2) is 3.43. The van der Waals surface area contributed by atoms with E-state index < -0.39 is 0 Å². The van der Waals surface area contributed by atoms with E-state index in [9.17, 15) is 0 Å². The molecule has 1 aromatic heterocycles. The summed E-state index contributed by atoms with van der Waals surface area (Å²) < 4.78 is 5.89. The maximum atomic E-state index is 6.10. The zero-order valence-corrected chi connectivity index (χ0v) is 9.26. The fraction of sp³-hybridized carbons (Fsp3) is 0.667. The molecule has 0 unspecified atom stereocenters. The van der Waals surface area contributed by atoms with E-state index in [4.69, 9.17) is 10.2 Å². The van der Waals surface area contributed by atoms with Crippen LogP contribution in [-0.2, 0) is 6.42 Å². The van der Waals surface area contributed by atoms with E-state index in [1.165, 1.54) is 17.5 Å². The molecule has 1 aromatic rings. The van der Waals surface area contributed by atoms with Gasteiger partial charge in [-0.1, -0.05) is 13.8 Å². The monoisotopic (exact) mass is 193 g/mol. The van der Waals surface area contributed by atoms with E-state index in [2.05, 4.69) is 20.8 Å². The highest BCUT2D eigenvalue weighted by molar-refractivity contribution is 5.37. The molecule has 0 spiro atoms. The highest BCUT2D eigenvalue weighted by atomic mass is 16.3. The van der Waals surface area contributed by atoms with Crippen LogP contribution in [0, 0.1) is 6.92 Å². The molecule has 0 fully saturated rings. The van der Waals surface area contributed by atoms with Crippen molar-refractivity contribution in [1.82, 2.24) is 0 Å². The van der Waals surface area contributed by atoms with Gasteiger partial charge in [0, 0.05) is 23.9 Å². The van der Waals surface area contributed by atoms with E-state index in [-0.39, 0.29) is 6.04 Å². The molecule has 0 amide bonds. The first kappa shape index (κ1) is 9.78. The lowest BCUT2D eigenvalue weighted by Crippen LogP contribution is -2.16. The van der Waals surface area contributed by atoms with Crippen molar-refractivity contribution in [3.8, 4) is 0 Å². The SMILES string of the molecule is Cc1c(C(C)C)oc2c1[C@H](N)CCC2. The Morgan fingerprint density at radius 1 is 1.43 bits per heavy atom. The minimum atomic E-state index is 0.204. The molecule has 2 N–H and O–H groups in total. The molecule has 0 aliphatic heterocycles. The molecule has 1 heterocycles. The van der Waals surface area contributed by atoms with Gasteiger partial charge in [0.05, 0.1) is 0 Å². The van der Waals surface area contributed by atoms with Crippen molar-refractivity contribution >= 4 is 0 Å². The molecule has 1 atom stereocenters. The molecular weight excluding hydrogens is 174 g/mol. The summed E-state index contributed by atoms with van der Waals surface area (Å²) in [6, 6.07) is 0.204.